The number of hydrogen-bond donors (Lipinski definition) is 2. The van der Waals surface area contributed by atoms with Crippen LogP contribution in [0.5, 0.6) is 0 Å². The molecule has 16 heavy (non-hydrogen) atoms. The first-order chi connectivity index (χ1) is 7.17. The average Bonchev–Trinajstić information content (AvgIpc) is 2.21. The van der Waals surface area contributed by atoms with E-state index in [-0.39, 0.29) is 12.8 Å². The molecule has 0 radical (unpaired) electrons. The molecule has 0 saturated heterocycles. The maximum Gasteiger partial charge on any atom is 0.338 e. The van der Waals surface area contributed by atoms with Gasteiger partial charge in [0.05, 0.1) is 0 Å². The number of hydrogen-bond acceptors (Lipinski definition) is 3. The number of carboxylic acid groups (broad SMARTS) is 1. The Morgan fingerprint density at radius 2 is 1.75 bits per heavy atom. The van der Waals surface area contributed by atoms with E-state index in [0.29, 0.717) is 0 Å². The Bertz CT molecular complexity index is 283. The van der Waals surface area contributed by atoms with Gasteiger partial charge in [0.1, 0.15) is 5.60 Å². The molecule has 0 amide bonds. The number of alkyl halides is 2. The van der Waals surface area contributed by atoms with Crippen molar-refractivity contribution in [3.05, 3.63) is 0 Å². The van der Waals surface area contributed by atoms with Crippen LogP contribution in [0.2, 0.25) is 0 Å². The maximum absolute atomic E-state index is 12.9. The first-order valence-electron chi connectivity index (χ1n) is 5.06. The number of carbonyl (C=O) groups is 1. The molecule has 0 aromatic carbocycles. The summed E-state index contributed by atoms with van der Waals surface area (Å²) in [4.78, 5) is 11.0. The molecule has 94 valence electrons. The van der Waals surface area contributed by atoms with E-state index < -0.39 is 35.9 Å². The summed E-state index contributed by atoms with van der Waals surface area (Å²) >= 11 is 0. The van der Waals surface area contributed by atoms with Crippen molar-refractivity contribution >= 4 is 5.97 Å². The summed E-state index contributed by atoms with van der Waals surface area (Å²) in [7, 11) is 1.15. The summed E-state index contributed by atoms with van der Waals surface area (Å²) in [6.45, 7) is 1.21. The van der Waals surface area contributed by atoms with Gasteiger partial charge in [-0.05, 0) is 19.8 Å². The molecule has 1 atom stereocenters. The van der Waals surface area contributed by atoms with Crippen LogP contribution in [0.1, 0.15) is 32.6 Å². The SMILES string of the molecule is COC(C)(C(=O)O)C1(O)CCC(F)(F)CC1. The molecule has 4 nitrogen and oxygen atoms in total. The Kier molecular flexibility index (Phi) is 3.27. The topological polar surface area (TPSA) is 66.8 Å². The van der Waals surface area contributed by atoms with Crippen LogP contribution in [0, 0.1) is 0 Å². The van der Waals surface area contributed by atoms with Crippen molar-refractivity contribution in [3.63, 3.8) is 0 Å². The van der Waals surface area contributed by atoms with Gasteiger partial charge in [0, 0.05) is 20.0 Å². The lowest BCUT2D eigenvalue weighted by Gasteiger charge is -2.44. The summed E-state index contributed by atoms with van der Waals surface area (Å²) in [6, 6.07) is 0. The molecular formula is C10H16F2O4. The van der Waals surface area contributed by atoms with Gasteiger partial charge in [0.15, 0.2) is 5.60 Å². The van der Waals surface area contributed by atoms with E-state index in [0.717, 1.165) is 7.11 Å². The van der Waals surface area contributed by atoms with E-state index >= 15 is 0 Å². The second-order valence-electron chi connectivity index (χ2n) is 4.43. The van der Waals surface area contributed by atoms with Gasteiger partial charge in [0.2, 0.25) is 5.92 Å². The lowest BCUT2D eigenvalue weighted by Crippen LogP contribution is -2.60. The summed E-state index contributed by atoms with van der Waals surface area (Å²) in [5, 5.41) is 19.2. The van der Waals surface area contributed by atoms with Crippen LogP contribution in [0.4, 0.5) is 8.78 Å². The highest BCUT2D eigenvalue weighted by atomic mass is 19.3. The zero-order valence-electron chi connectivity index (χ0n) is 9.30. The predicted octanol–water partition coefficient (Wildman–Crippen LogP) is 1.42. The van der Waals surface area contributed by atoms with Crippen molar-refractivity contribution in [2.24, 2.45) is 0 Å². The van der Waals surface area contributed by atoms with Gasteiger partial charge in [-0.25, -0.2) is 13.6 Å². The molecule has 0 aliphatic heterocycles. The van der Waals surface area contributed by atoms with Gasteiger partial charge >= 0.3 is 5.97 Å². The van der Waals surface area contributed by atoms with Crippen LogP contribution in [-0.2, 0) is 9.53 Å². The zero-order valence-corrected chi connectivity index (χ0v) is 9.30. The van der Waals surface area contributed by atoms with Crippen molar-refractivity contribution < 1.29 is 28.5 Å². The Labute approximate surface area is 92.2 Å². The van der Waals surface area contributed by atoms with E-state index in [1.54, 1.807) is 0 Å². The largest absolute Gasteiger partial charge is 0.479 e. The number of aliphatic hydroxyl groups is 1. The number of ether oxygens (including phenoxy) is 1. The molecule has 1 aliphatic carbocycles. The van der Waals surface area contributed by atoms with Crippen molar-refractivity contribution in [2.45, 2.75) is 49.7 Å². The molecule has 1 unspecified atom stereocenters. The van der Waals surface area contributed by atoms with E-state index in [2.05, 4.69) is 0 Å². The third-order valence-corrected chi connectivity index (χ3v) is 3.51. The van der Waals surface area contributed by atoms with Crippen molar-refractivity contribution in [3.8, 4) is 0 Å². The number of rotatable bonds is 3. The molecule has 0 heterocycles. The highest BCUT2D eigenvalue weighted by Gasteiger charge is 2.57. The Balaban J connectivity index is 2.91. The average molecular weight is 238 g/mol. The van der Waals surface area contributed by atoms with E-state index in [4.69, 9.17) is 9.84 Å². The molecule has 1 aliphatic rings. The highest BCUT2D eigenvalue weighted by molar-refractivity contribution is 5.78. The lowest BCUT2D eigenvalue weighted by atomic mass is 9.72. The second-order valence-corrected chi connectivity index (χ2v) is 4.43. The molecule has 2 N–H and O–H groups in total. The fourth-order valence-corrected chi connectivity index (χ4v) is 1.98. The third-order valence-electron chi connectivity index (χ3n) is 3.51. The summed E-state index contributed by atoms with van der Waals surface area (Å²) in [5.41, 5.74) is -3.58. The molecule has 0 bridgehead atoms. The van der Waals surface area contributed by atoms with Gasteiger partial charge in [0.25, 0.3) is 0 Å². The Hall–Kier alpha value is -0.750. The van der Waals surface area contributed by atoms with Crippen molar-refractivity contribution in [1.82, 2.24) is 0 Å². The molecule has 0 spiro atoms. The van der Waals surface area contributed by atoms with Crippen LogP contribution < -0.4 is 0 Å². The fraction of sp³-hybridized carbons (Fsp3) is 0.900. The van der Waals surface area contributed by atoms with Crippen LogP contribution in [0.25, 0.3) is 0 Å². The van der Waals surface area contributed by atoms with Crippen LogP contribution >= 0.6 is 0 Å². The summed E-state index contributed by atoms with van der Waals surface area (Å²) in [5.74, 6) is -4.16. The quantitative estimate of drug-likeness (QED) is 0.780. The maximum atomic E-state index is 12.9. The summed E-state index contributed by atoms with van der Waals surface area (Å²) in [6.07, 6.45) is -1.60. The smallest absolute Gasteiger partial charge is 0.338 e. The van der Waals surface area contributed by atoms with E-state index in [1.807, 2.05) is 0 Å². The van der Waals surface area contributed by atoms with Crippen molar-refractivity contribution in [2.75, 3.05) is 7.11 Å². The molecule has 1 rings (SSSR count). The van der Waals surface area contributed by atoms with E-state index in [1.165, 1.54) is 6.92 Å². The molecular weight excluding hydrogens is 222 g/mol. The van der Waals surface area contributed by atoms with Crippen LogP contribution in [0.15, 0.2) is 0 Å². The van der Waals surface area contributed by atoms with Gasteiger partial charge in [-0.1, -0.05) is 0 Å². The molecule has 1 fully saturated rings. The van der Waals surface area contributed by atoms with E-state index in [9.17, 15) is 18.7 Å². The van der Waals surface area contributed by atoms with Gasteiger partial charge < -0.3 is 14.9 Å². The monoisotopic (exact) mass is 238 g/mol. The zero-order chi connectivity index (χ0) is 12.6. The third kappa shape index (κ3) is 2.04. The number of carboxylic acids is 1. The normalized spacial score (nSPS) is 27.1. The Morgan fingerprint density at radius 1 is 1.31 bits per heavy atom. The second kappa shape index (κ2) is 3.92. The van der Waals surface area contributed by atoms with Crippen LogP contribution in [0.3, 0.4) is 0 Å². The fourth-order valence-electron chi connectivity index (χ4n) is 1.98. The summed E-state index contributed by atoms with van der Waals surface area (Å²) < 4.78 is 30.7. The van der Waals surface area contributed by atoms with Gasteiger partial charge in [-0.15, -0.1) is 0 Å². The number of halogens is 2. The minimum absolute atomic E-state index is 0.281. The standard InChI is InChI=1S/C10H16F2O4/c1-8(16-2,7(13)14)9(15)3-5-10(11,12)6-4-9/h15H,3-6H2,1-2H3,(H,13,14). The Morgan fingerprint density at radius 3 is 2.06 bits per heavy atom. The minimum Gasteiger partial charge on any atom is -0.479 e. The number of aliphatic carboxylic acids is 1. The first-order valence-corrected chi connectivity index (χ1v) is 5.06. The van der Waals surface area contributed by atoms with Crippen LogP contribution in [-0.4, -0.2) is 40.4 Å². The predicted molar refractivity (Wildman–Crippen MR) is 51.4 cm³/mol. The molecule has 0 aromatic heterocycles. The van der Waals surface area contributed by atoms with Gasteiger partial charge in [-0.3, -0.25) is 0 Å². The van der Waals surface area contributed by atoms with Crippen molar-refractivity contribution in [1.29, 1.82) is 0 Å². The minimum atomic E-state index is -2.82. The molecule has 6 heteroatoms. The molecule has 0 aromatic rings. The number of methoxy groups -OCH3 is 1. The molecule has 1 saturated carbocycles. The first kappa shape index (κ1) is 13.3. The highest BCUT2D eigenvalue weighted by Crippen LogP contribution is 2.44. The van der Waals surface area contributed by atoms with Gasteiger partial charge in [-0.2, -0.15) is 0 Å². The lowest BCUT2D eigenvalue weighted by molar-refractivity contribution is -0.216.